The summed E-state index contributed by atoms with van der Waals surface area (Å²) < 4.78 is 7.07. The average Bonchev–Trinajstić information content (AvgIpc) is 3.23. The second-order valence-electron chi connectivity index (χ2n) is 7.57. The number of aromatic amines is 1. The van der Waals surface area contributed by atoms with Gasteiger partial charge in [0, 0.05) is 21.5 Å². The van der Waals surface area contributed by atoms with Crippen LogP contribution in [0.2, 0.25) is 5.02 Å². The lowest BCUT2D eigenvalue weighted by Gasteiger charge is -2.13. The Morgan fingerprint density at radius 1 is 1.06 bits per heavy atom. The maximum atomic E-state index is 13.6. The lowest BCUT2D eigenvalue weighted by molar-refractivity contribution is 0.102. The number of halogens is 1. The van der Waals surface area contributed by atoms with Gasteiger partial charge >= 0.3 is 0 Å². The van der Waals surface area contributed by atoms with Crippen molar-refractivity contribution in [3.05, 3.63) is 93.7 Å². The van der Waals surface area contributed by atoms with E-state index >= 15 is 0 Å². The van der Waals surface area contributed by atoms with E-state index in [9.17, 15) is 9.59 Å². The van der Waals surface area contributed by atoms with E-state index in [1.165, 1.54) is 16.3 Å². The van der Waals surface area contributed by atoms with Gasteiger partial charge in [0.25, 0.3) is 5.56 Å². The zero-order valence-electron chi connectivity index (χ0n) is 18.2. The number of nitrogens with zero attached hydrogens (tertiary/aromatic N) is 2. The van der Waals surface area contributed by atoms with Gasteiger partial charge in [-0.15, -0.1) is 0 Å². The van der Waals surface area contributed by atoms with E-state index < -0.39 is 0 Å². The number of ether oxygens (including phenoxy) is 1. The first kappa shape index (κ1) is 22.3. The van der Waals surface area contributed by atoms with Crippen LogP contribution < -0.4 is 10.3 Å². The summed E-state index contributed by atoms with van der Waals surface area (Å²) in [5.41, 5.74) is 2.81. The molecular formula is C26H20ClN3O3S. The summed E-state index contributed by atoms with van der Waals surface area (Å²) in [6, 6.07) is 21.7. The topological polar surface area (TPSA) is 77.0 Å². The molecule has 0 saturated carbocycles. The van der Waals surface area contributed by atoms with Crippen LogP contribution in [0.5, 0.6) is 5.75 Å². The molecule has 5 rings (SSSR count). The zero-order chi connectivity index (χ0) is 23.7. The number of aromatic nitrogens is 3. The fraction of sp³-hybridized carbons (Fsp3) is 0.115. The maximum absolute atomic E-state index is 13.6. The van der Waals surface area contributed by atoms with Crippen LogP contribution in [0.3, 0.4) is 0 Å². The first-order chi connectivity index (χ1) is 16.5. The van der Waals surface area contributed by atoms with Gasteiger partial charge in [0.05, 0.1) is 18.0 Å². The molecule has 0 spiro atoms. The molecule has 0 bridgehead atoms. The van der Waals surface area contributed by atoms with Crippen molar-refractivity contribution < 1.29 is 9.53 Å². The van der Waals surface area contributed by atoms with Crippen LogP contribution in [-0.2, 0) is 0 Å². The summed E-state index contributed by atoms with van der Waals surface area (Å²) in [5.74, 6) is 0.762. The summed E-state index contributed by atoms with van der Waals surface area (Å²) in [6.45, 7) is 2.47. The number of carbonyl (C=O) groups is 1. The first-order valence-corrected chi connectivity index (χ1v) is 12.1. The van der Waals surface area contributed by atoms with Crippen molar-refractivity contribution in [2.24, 2.45) is 0 Å². The Morgan fingerprint density at radius 3 is 2.53 bits per heavy atom. The number of ketones is 1. The molecule has 0 radical (unpaired) electrons. The van der Waals surface area contributed by atoms with E-state index in [1.54, 1.807) is 24.3 Å². The molecule has 2 heterocycles. The molecule has 0 aliphatic carbocycles. The molecule has 0 unspecified atom stereocenters. The molecule has 1 N–H and O–H groups in total. The Hall–Kier alpha value is -3.55. The van der Waals surface area contributed by atoms with Gasteiger partial charge in [0.2, 0.25) is 0 Å². The molecule has 0 atom stereocenters. The Kier molecular flexibility index (Phi) is 6.13. The highest BCUT2D eigenvalue weighted by molar-refractivity contribution is 7.99. The third-order valence-corrected chi connectivity index (χ3v) is 6.59. The van der Waals surface area contributed by atoms with E-state index in [1.807, 2.05) is 55.5 Å². The second kappa shape index (κ2) is 9.37. The predicted molar refractivity (Wildman–Crippen MR) is 137 cm³/mol. The van der Waals surface area contributed by atoms with Crippen LogP contribution in [0.4, 0.5) is 0 Å². The van der Waals surface area contributed by atoms with Gasteiger partial charge < -0.3 is 9.72 Å². The maximum Gasteiger partial charge on any atom is 0.283 e. The fourth-order valence-corrected chi connectivity index (χ4v) is 4.80. The monoisotopic (exact) mass is 489 g/mol. The van der Waals surface area contributed by atoms with Gasteiger partial charge in [-0.1, -0.05) is 41.6 Å². The minimum atomic E-state index is -0.230. The van der Waals surface area contributed by atoms with Crippen molar-refractivity contribution in [3.63, 3.8) is 0 Å². The molecule has 34 heavy (non-hydrogen) atoms. The second-order valence-corrected chi connectivity index (χ2v) is 8.95. The first-order valence-electron chi connectivity index (χ1n) is 10.7. The van der Waals surface area contributed by atoms with Crippen LogP contribution in [-0.4, -0.2) is 32.7 Å². The van der Waals surface area contributed by atoms with E-state index in [-0.39, 0.29) is 17.1 Å². The number of thioether (sulfide) groups is 1. The molecule has 8 heteroatoms. The van der Waals surface area contributed by atoms with Crippen molar-refractivity contribution in [2.45, 2.75) is 12.1 Å². The van der Waals surface area contributed by atoms with Crippen LogP contribution in [0, 0.1) is 0 Å². The van der Waals surface area contributed by atoms with Crippen molar-refractivity contribution in [2.75, 3.05) is 12.4 Å². The van der Waals surface area contributed by atoms with Crippen molar-refractivity contribution >= 4 is 51.1 Å². The normalized spacial score (nSPS) is 11.2. The highest BCUT2D eigenvalue weighted by atomic mass is 35.5. The van der Waals surface area contributed by atoms with Crippen LogP contribution in [0.25, 0.3) is 27.6 Å². The summed E-state index contributed by atoms with van der Waals surface area (Å²) in [6.07, 6.45) is 0. The average molecular weight is 490 g/mol. The minimum absolute atomic E-state index is 0.0758. The molecule has 0 saturated heterocycles. The number of hydrogen-bond acceptors (Lipinski definition) is 5. The third kappa shape index (κ3) is 4.20. The van der Waals surface area contributed by atoms with Crippen molar-refractivity contribution in [1.29, 1.82) is 0 Å². The number of nitrogens with one attached hydrogen (secondary N) is 1. The number of para-hydroxylation sites is 1. The molecule has 5 aromatic rings. The molecule has 3 aromatic carbocycles. The van der Waals surface area contributed by atoms with E-state index in [0.29, 0.717) is 44.8 Å². The Labute approximate surface area is 204 Å². The third-order valence-electron chi connectivity index (χ3n) is 5.40. The molecule has 0 aliphatic heterocycles. The number of benzene rings is 3. The van der Waals surface area contributed by atoms with Gasteiger partial charge in [-0.05, 0) is 61.5 Å². The predicted octanol–water partition coefficient (Wildman–Crippen LogP) is 5.89. The lowest BCUT2D eigenvalue weighted by atomic mass is 10.1. The number of fused-ring (bicyclic) bond motifs is 3. The molecular weight excluding hydrogens is 470 g/mol. The summed E-state index contributed by atoms with van der Waals surface area (Å²) in [5, 5.41) is 1.87. The van der Waals surface area contributed by atoms with Crippen molar-refractivity contribution in [3.8, 4) is 11.4 Å². The molecule has 170 valence electrons. The van der Waals surface area contributed by atoms with E-state index in [0.717, 1.165) is 10.9 Å². The fourth-order valence-electron chi connectivity index (χ4n) is 3.77. The van der Waals surface area contributed by atoms with Gasteiger partial charge in [-0.3, -0.25) is 14.2 Å². The van der Waals surface area contributed by atoms with E-state index in [2.05, 4.69) is 4.98 Å². The van der Waals surface area contributed by atoms with E-state index in [4.69, 9.17) is 21.3 Å². The smallest absolute Gasteiger partial charge is 0.283 e. The molecule has 0 amide bonds. The number of hydrogen-bond donors (Lipinski definition) is 1. The van der Waals surface area contributed by atoms with Gasteiger partial charge in [-0.2, -0.15) is 0 Å². The number of carbonyl (C=O) groups excluding carboxylic acids is 1. The van der Waals surface area contributed by atoms with Crippen LogP contribution >= 0.6 is 23.4 Å². The van der Waals surface area contributed by atoms with Gasteiger partial charge in [-0.25, -0.2) is 4.98 Å². The summed E-state index contributed by atoms with van der Waals surface area (Å²) >= 11 is 7.17. The number of Topliss-reactive ketones (excluding diaryl/α,β-unsaturated/α-hetero) is 1. The number of H-pyrrole nitrogens is 1. The van der Waals surface area contributed by atoms with Gasteiger partial charge in [0.1, 0.15) is 16.8 Å². The highest BCUT2D eigenvalue weighted by Gasteiger charge is 2.18. The number of rotatable bonds is 7. The molecule has 2 aromatic heterocycles. The molecule has 0 aliphatic rings. The SMILES string of the molecule is CCOc1ccc(-n2c(SCC(=O)c3ccc(Cl)cc3)nc3c([nH]c4ccccc43)c2=O)cc1. The highest BCUT2D eigenvalue weighted by Crippen LogP contribution is 2.27. The Bertz CT molecular complexity index is 1560. The largest absolute Gasteiger partial charge is 0.494 e. The quantitative estimate of drug-likeness (QED) is 0.175. The van der Waals surface area contributed by atoms with Crippen LogP contribution in [0.15, 0.2) is 82.7 Å². The van der Waals surface area contributed by atoms with Gasteiger partial charge in [0.15, 0.2) is 10.9 Å². The van der Waals surface area contributed by atoms with Crippen molar-refractivity contribution in [1.82, 2.24) is 14.5 Å². The minimum Gasteiger partial charge on any atom is -0.494 e. The van der Waals surface area contributed by atoms with Crippen LogP contribution in [0.1, 0.15) is 17.3 Å². The Balaban J connectivity index is 1.60. The Morgan fingerprint density at radius 2 is 1.79 bits per heavy atom. The zero-order valence-corrected chi connectivity index (χ0v) is 19.8. The summed E-state index contributed by atoms with van der Waals surface area (Å²) in [4.78, 5) is 34.5. The standard InChI is InChI=1S/C26H20ClN3O3S/c1-2-33-19-13-11-18(12-14-19)30-25(32)24-23(20-5-3-4-6-21(20)28-24)29-26(30)34-15-22(31)16-7-9-17(27)10-8-16/h3-14,28H,2,15H2,1H3. The lowest BCUT2D eigenvalue weighted by Crippen LogP contribution is -2.22. The molecule has 0 fully saturated rings. The molecule has 6 nitrogen and oxygen atoms in total. The summed E-state index contributed by atoms with van der Waals surface area (Å²) in [7, 11) is 0.